The first kappa shape index (κ1) is 20.4. The van der Waals surface area contributed by atoms with Gasteiger partial charge in [0.1, 0.15) is 6.10 Å². The number of fused-ring (bicyclic) bond motifs is 2. The molecule has 7 heteroatoms. The molecule has 172 valence electrons. The number of ether oxygens (including phenoxy) is 3. The molecule has 4 aromatic rings. The Kier molecular flexibility index (Phi) is 4.86. The molecule has 1 N–H and O–H groups in total. The van der Waals surface area contributed by atoms with Gasteiger partial charge in [-0.15, -0.1) is 0 Å². The number of halogens is 1. The van der Waals surface area contributed by atoms with Crippen molar-refractivity contribution in [1.29, 1.82) is 0 Å². The van der Waals surface area contributed by atoms with Crippen LogP contribution in [0.25, 0.3) is 33.5 Å². The molecule has 1 aliphatic carbocycles. The number of aromatic amines is 1. The summed E-state index contributed by atoms with van der Waals surface area (Å²) >= 11 is 6.61. The molecule has 3 aliphatic rings. The van der Waals surface area contributed by atoms with Gasteiger partial charge >= 0.3 is 0 Å². The number of nitrogens with zero attached hydrogens (tertiary/aromatic N) is 2. The summed E-state index contributed by atoms with van der Waals surface area (Å²) in [5.41, 5.74) is 5.26. The Morgan fingerprint density at radius 2 is 1.59 bits per heavy atom. The van der Waals surface area contributed by atoms with Gasteiger partial charge in [-0.1, -0.05) is 66.2 Å². The van der Waals surface area contributed by atoms with Crippen LogP contribution in [0, 0.1) is 11.8 Å². The lowest BCUT2D eigenvalue weighted by Crippen LogP contribution is -2.34. The Labute approximate surface area is 202 Å². The Morgan fingerprint density at radius 1 is 0.853 bits per heavy atom. The largest absolute Gasteiger partial charge is 0.456 e. The predicted molar refractivity (Wildman–Crippen MR) is 130 cm³/mol. The summed E-state index contributed by atoms with van der Waals surface area (Å²) in [5, 5.41) is 0.561. The second kappa shape index (κ2) is 8.08. The number of imidazole rings is 1. The van der Waals surface area contributed by atoms with Crippen molar-refractivity contribution in [3.63, 3.8) is 0 Å². The molecule has 3 fully saturated rings. The molecule has 4 atom stereocenters. The summed E-state index contributed by atoms with van der Waals surface area (Å²) in [6, 6.07) is 20.8. The monoisotopic (exact) mass is 473 g/mol. The topological polar surface area (TPSA) is 69.3 Å². The molecule has 0 bridgehead atoms. The molecular formula is C27H24ClN3O3. The van der Waals surface area contributed by atoms with Crippen LogP contribution in [0.3, 0.4) is 0 Å². The van der Waals surface area contributed by atoms with Gasteiger partial charge in [0.25, 0.3) is 6.01 Å². The second-order valence-electron chi connectivity index (χ2n) is 9.43. The fourth-order valence-electron chi connectivity index (χ4n) is 5.27. The van der Waals surface area contributed by atoms with Crippen molar-refractivity contribution in [3.05, 3.63) is 65.7 Å². The van der Waals surface area contributed by atoms with Crippen molar-refractivity contribution in [2.45, 2.75) is 31.2 Å². The minimum atomic E-state index is -0.171. The van der Waals surface area contributed by atoms with Crippen LogP contribution in [0.15, 0.2) is 60.7 Å². The molecule has 0 radical (unpaired) electrons. The number of H-pyrrole nitrogens is 1. The van der Waals surface area contributed by atoms with E-state index in [1.54, 1.807) is 0 Å². The molecule has 6 nitrogen and oxygen atoms in total. The first-order valence-electron chi connectivity index (χ1n) is 11.8. The van der Waals surface area contributed by atoms with Crippen molar-refractivity contribution < 1.29 is 14.2 Å². The first-order chi connectivity index (χ1) is 16.7. The van der Waals surface area contributed by atoms with Gasteiger partial charge < -0.3 is 19.2 Å². The lowest BCUT2D eigenvalue weighted by atomic mass is 9.96. The molecule has 1 saturated carbocycles. The minimum absolute atomic E-state index is 0.0333. The molecular weight excluding hydrogens is 450 g/mol. The van der Waals surface area contributed by atoms with E-state index in [0.29, 0.717) is 34.9 Å². The van der Waals surface area contributed by atoms with Crippen LogP contribution in [-0.2, 0) is 9.47 Å². The highest BCUT2D eigenvalue weighted by atomic mass is 35.5. The van der Waals surface area contributed by atoms with E-state index in [1.165, 1.54) is 18.4 Å². The zero-order chi connectivity index (χ0) is 22.6. The van der Waals surface area contributed by atoms with Crippen molar-refractivity contribution in [1.82, 2.24) is 15.0 Å². The fraction of sp³-hybridized carbons (Fsp3) is 0.333. The van der Waals surface area contributed by atoms with Crippen LogP contribution >= 0.6 is 11.6 Å². The Hall–Kier alpha value is -2.93. The van der Waals surface area contributed by atoms with E-state index in [2.05, 4.69) is 34.2 Å². The van der Waals surface area contributed by atoms with Gasteiger partial charge in [-0.3, -0.25) is 0 Å². The van der Waals surface area contributed by atoms with E-state index in [1.807, 2.05) is 36.4 Å². The summed E-state index contributed by atoms with van der Waals surface area (Å²) in [6.07, 6.45) is 2.52. The summed E-state index contributed by atoms with van der Waals surface area (Å²) in [4.78, 5) is 12.5. The SMILES string of the molecule is Clc1cc2[nH]c(O[C@@H]3CO[C@@H]4C(C5CC5)CO[C@@H]43)nc2nc1-c1ccc(-c2ccccc2)cc1. The fourth-order valence-corrected chi connectivity index (χ4v) is 5.53. The molecule has 4 heterocycles. The number of hydrogen-bond acceptors (Lipinski definition) is 5. The molecule has 7 rings (SSSR count). The first-order valence-corrected chi connectivity index (χ1v) is 12.2. The van der Waals surface area contributed by atoms with Crippen molar-refractivity contribution >= 4 is 22.8 Å². The van der Waals surface area contributed by atoms with Gasteiger partial charge in [-0.2, -0.15) is 4.98 Å². The van der Waals surface area contributed by atoms with E-state index in [9.17, 15) is 0 Å². The van der Waals surface area contributed by atoms with E-state index in [0.717, 1.165) is 29.2 Å². The highest BCUT2D eigenvalue weighted by molar-refractivity contribution is 6.33. The lowest BCUT2D eigenvalue weighted by Gasteiger charge is -2.16. The van der Waals surface area contributed by atoms with Crippen LogP contribution in [0.4, 0.5) is 0 Å². The van der Waals surface area contributed by atoms with E-state index in [-0.39, 0.29) is 18.3 Å². The summed E-state index contributed by atoms with van der Waals surface area (Å²) in [5.74, 6) is 1.26. The average molecular weight is 474 g/mol. The minimum Gasteiger partial charge on any atom is -0.456 e. The van der Waals surface area contributed by atoms with Crippen LogP contribution in [0.5, 0.6) is 6.01 Å². The number of rotatable bonds is 5. The van der Waals surface area contributed by atoms with Crippen LogP contribution < -0.4 is 4.74 Å². The lowest BCUT2D eigenvalue weighted by molar-refractivity contribution is 0.0253. The third-order valence-corrected chi connectivity index (χ3v) is 7.50. The summed E-state index contributed by atoms with van der Waals surface area (Å²) < 4.78 is 18.3. The molecule has 2 aromatic carbocycles. The van der Waals surface area contributed by atoms with Crippen LogP contribution in [-0.4, -0.2) is 46.5 Å². The molecule has 2 aliphatic heterocycles. The summed E-state index contributed by atoms with van der Waals surface area (Å²) in [7, 11) is 0. The maximum Gasteiger partial charge on any atom is 0.296 e. The van der Waals surface area contributed by atoms with Gasteiger partial charge in [0.05, 0.1) is 35.6 Å². The van der Waals surface area contributed by atoms with Gasteiger partial charge in [0.2, 0.25) is 0 Å². The van der Waals surface area contributed by atoms with Gasteiger partial charge in [-0.05, 0) is 36.0 Å². The Morgan fingerprint density at radius 3 is 2.38 bits per heavy atom. The molecule has 2 aromatic heterocycles. The highest BCUT2D eigenvalue weighted by Gasteiger charge is 2.53. The quantitative estimate of drug-likeness (QED) is 0.413. The van der Waals surface area contributed by atoms with Crippen molar-refractivity contribution in [3.8, 4) is 28.4 Å². The maximum absolute atomic E-state index is 6.61. The van der Waals surface area contributed by atoms with Crippen molar-refractivity contribution in [2.24, 2.45) is 11.8 Å². The zero-order valence-corrected chi connectivity index (χ0v) is 19.2. The van der Waals surface area contributed by atoms with Gasteiger partial charge in [-0.25, -0.2) is 4.98 Å². The van der Waals surface area contributed by atoms with Gasteiger partial charge in [0.15, 0.2) is 11.8 Å². The smallest absolute Gasteiger partial charge is 0.296 e. The van der Waals surface area contributed by atoms with Crippen LogP contribution in [0.2, 0.25) is 5.02 Å². The molecule has 34 heavy (non-hydrogen) atoms. The number of pyridine rings is 1. The van der Waals surface area contributed by atoms with Gasteiger partial charge in [0, 0.05) is 11.5 Å². The summed E-state index contributed by atoms with van der Waals surface area (Å²) in [6.45, 7) is 1.28. The number of nitrogens with one attached hydrogen (secondary N) is 1. The third kappa shape index (κ3) is 3.57. The third-order valence-electron chi connectivity index (χ3n) is 7.21. The maximum atomic E-state index is 6.61. The second-order valence-corrected chi connectivity index (χ2v) is 9.84. The number of hydrogen-bond donors (Lipinski definition) is 1. The molecule has 2 saturated heterocycles. The standard InChI is InChI=1S/C27H24ClN3O3/c28-20-12-21-26(30-23(20)18-10-6-16(7-11-18)15-4-2-1-3-5-15)31-27(29-21)34-22-14-33-24-19(17-8-9-17)13-32-25(22)24/h1-7,10-12,17,19,22,24-25H,8-9,13-14H2,(H,29,30,31)/t19?,22-,24-,25-/m1/s1. The highest BCUT2D eigenvalue weighted by Crippen LogP contribution is 2.46. The van der Waals surface area contributed by atoms with E-state index in [4.69, 9.17) is 30.8 Å². The normalized spacial score (nSPS) is 26.1. The molecule has 0 amide bonds. The zero-order valence-electron chi connectivity index (χ0n) is 18.5. The molecule has 1 unspecified atom stereocenters. The van der Waals surface area contributed by atoms with E-state index >= 15 is 0 Å². The Bertz CT molecular complexity index is 1340. The predicted octanol–water partition coefficient (Wildman–Crippen LogP) is 5.52. The van der Waals surface area contributed by atoms with E-state index < -0.39 is 0 Å². The van der Waals surface area contributed by atoms with Crippen LogP contribution in [0.1, 0.15) is 12.8 Å². The van der Waals surface area contributed by atoms with Crippen molar-refractivity contribution in [2.75, 3.05) is 13.2 Å². The Balaban J connectivity index is 1.12. The average Bonchev–Trinajstić information content (AvgIpc) is 3.32. The number of benzene rings is 2. The molecule has 0 spiro atoms. The number of aromatic nitrogens is 3.